The van der Waals surface area contributed by atoms with Gasteiger partial charge in [-0.15, -0.1) is 0 Å². The van der Waals surface area contributed by atoms with Crippen molar-refractivity contribution in [3.8, 4) is 16.2 Å². The van der Waals surface area contributed by atoms with Gasteiger partial charge < -0.3 is 5.11 Å². The third-order valence-corrected chi connectivity index (χ3v) is 9.08. The number of aryl methyl sites for hydroxylation is 1. The summed E-state index contributed by atoms with van der Waals surface area (Å²) in [6.45, 7) is 10.2. The number of hydrogen-bond acceptors (Lipinski definition) is 6. The molecule has 0 saturated carbocycles. The lowest BCUT2D eigenvalue weighted by atomic mass is 10.1. The smallest absolute Gasteiger partial charge is 0.120 e. The summed E-state index contributed by atoms with van der Waals surface area (Å²) in [7, 11) is 3.38. The number of piperazine rings is 1. The fraction of sp³-hybridized carbons (Fsp3) is 0.348. The molecular formula is C23H26N2OS3. The second-order valence-corrected chi connectivity index (χ2v) is 10.5. The van der Waals surface area contributed by atoms with Gasteiger partial charge in [-0.1, -0.05) is 57.2 Å². The summed E-state index contributed by atoms with van der Waals surface area (Å²) in [6, 6.07) is 14.6. The average Bonchev–Trinajstić information content (AvgIpc) is 3.05. The highest BCUT2D eigenvalue weighted by Crippen LogP contribution is 2.36. The maximum absolute atomic E-state index is 10.4. The average molecular weight is 443 g/mol. The van der Waals surface area contributed by atoms with Crippen molar-refractivity contribution in [3.63, 3.8) is 0 Å². The quantitative estimate of drug-likeness (QED) is 0.396. The minimum Gasteiger partial charge on any atom is -0.508 e. The molecule has 0 bridgehead atoms. The fourth-order valence-corrected chi connectivity index (χ4v) is 6.68. The molecule has 1 aliphatic heterocycles. The van der Waals surface area contributed by atoms with Gasteiger partial charge in [0.25, 0.3) is 0 Å². The minimum atomic E-state index is 0.382. The predicted octanol–water partition coefficient (Wildman–Crippen LogP) is 5.85. The Labute approximate surface area is 185 Å². The Morgan fingerprint density at radius 2 is 1.55 bits per heavy atom. The number of aromatic hydroxyl groups is 1. The van der Waals surface area contributed by atoms with Crippen LogP contribution in [0.4, 0.5) is 0 Å². The van der Waals surface area contributed by atoms with E-state index in [1.165, 1.54) is 21.6 Å². The zero-order chi connectivity index (χ0) is 20.4. The van der Waals surface area contributed by atoms with Crippen LogP contribution in [0.2, 0.25) is 0 Å². The summed E-state index contributed by atoms with van der Waals surface area (Å²) < 4.78 is 0.962. The summed E-state index contributed by atoms with van der Waals surface area (Å²) in [5, 5.41) is 10.4. The normalized spacial score (nSPS) is 15.7. The molecule has 1 N–H and O–H groups in total. The van der Waals surface area contributed by atoms with Gasteiger partial charge in [-0.3, -0.25) is 9.80 Å². The Hall–Kier alpha value is -1.57. The maximum Gasteiger partial charge on any atom is 0.120 e. The summed E-state index contributed by atoms with van der Waals surface area (Å²) in [5.74, 6) is 0.382. The Bertz CT molecular complexity index is 1050. The maximum atomic E-state index is 10.4. The molecule has 29 heavy (non-hydrogen) atoms. The predicted molar refractivity (Wildman–Crippen MR) is 127 cm³/mol. The second kappa shape index (κ2) is 9.06. The first-order valence-corrected chi connectivity index (χ1v) is 12.5. The van der Waals surface area contributed by atoms with Gasteiger partial charge in [0.15, 0.2) is 0 Å². The lowest BCUT2D eigenvalue weighted by Gasteiger charge is -2.35. The zero-order valence-corrected chi connectivity index (χ0v) is 19.3. The van der Waals surface area contributed by atoms with Gasteiger partial charge in [-0.05, 0) is 54.3 Å². The lowest BCUT2D eigenvalue weighted by Crippen LogP contribution is -2.45. The molecule has 0 unspecified atom stereocenters. The van der Waals surface area contributed by atoms with Crippen molar-refractivity contribution in [2.75, 3.05) is 26.2 Å². The van der Waals surface area contributed by atoms with Crippen molar-refractivity contribution < 1.29 is 5.11 Å². The second-order valence-electron chi connectivity index (χ2n) is 7.73. The number of benzene rings is 2. The van der Waals surface area contributed by atoms with Crippen molar-refractivity contribution in [1.29, 1.82) is 0 Å². The van der Waals surface area contributed by atoms with Crippen LogP contribution in [0.25, 0.3) is 10.4 Å². The molecule has 0 spiro atoms. The molecule has 2 aromatic carbocycles. The van der Waals surface area contributed by atoms with Crippen LogP contribution in [0.1, 0.15) is 22.3 Å². The van der Waals surface area contributed by atoms with Crippen molar-refractivity contribution in [3.05, 3.63) is 68.5 Å². The van der Waals surface area contributed by atoms with Gasteiger partial charge in [0.1, 0.15) is 9.57 Å². The van der Waals surface area contributed by atoms with Gasteiger partial charge in [-0.25, -0.2) is 0 Å². The molecule has 6 heteroatoms. The minimum absolute atomic E-state index is 0.382. The molecule has 3 nitrogen and oxygen atoms in total. The van der Waals surface area contributed by atoms with Gasteiger partial charge in [0, 0.05) is 44.8 Å². The van der Waals surface area contributed by atoms with Gasteiger partial charge >= 0.3 is 0 Å². The summed E-state index contributed by atoms with van der Waals surface area (Å²) in [5.41, 5.74) is 6.12. The van der Waals surface area contributed by atoms with Crippen LogP contribution >= 0.6 is 32.9 Å². The molecule has 152 valence electrons. The molecule has 1 fully saturated rings. The highest BCUT2D eigenvalue weighted by Gasteiger charge is 2.19. The van der Waals surface area contributed by atoms with Gasteiger partial charge in [0.05, 0.1) is 4.88 Å². The van der Waals surface area contributed by atoms with Crippen LogP contribution in [0, 0.1) is 17.7 Å². The molecule has 0 radical (unpaired) electrons. The third kappa shape index (κ3) is 4.78. The van der Waals surface area contributed by atoms with Crippen LogP contribution in [-0.2, 0) is 13.1 Å². The standard InChI is InChI=1S/C23H26N2OS3/c1-16-5-3-4-6-19(16)14-24-9-11-25(12-10-24)15-20-13-18(7-8-21(20)26)22-17(2)23(27)29-28-22/h3-8,13,26H,9-12,14-15H2,1-2H3. The monoisotopic (exact) mass is 442 g/mol. The van der Waals surface area contributed by atoms with Crippen LogP contribution in [0.5, 0.6) is 5.75 Å². The zero-order valence-electron chi connectivity index (χ0n) is 16.9. The number of rotatable bonds is 5. The van der Waals surface area contributed by atoms with E-state index < -0.39 is 0 Å². The molecule has 0 aliphatic carbocycles. The molecule has 1 saturated heterocycles. The summed E-state index contributed by atoms with van der Waals surface area (Å²) in [4.78, 5) is 6.19. The highest BCUT2D eigenvalue weighted by atomic mass is 32.9. The molecule has 2 heterocycles. The Morgan fingerprint density at radius 1 is 0.897 bits per heavy atom. The van der Waals surface area contributed by atoms with Crippen LogP contribution in [0.15, 0.2) is 42.5 Å². The number of hydrogen-bond donors (Lipinski definition) is 1. The van der Waals surface area contributed by atoms with E-state index in [1.54, 1.807) is 20.7 Å². The fourth-order valence-electron chi connectivity index (χ4n) is 3.79. The van der Waals surface area contributed by atoms with E-state index in [1.807, 2.05) is 12.1 Å². The number of phenolic OH excluding ortho intramolecular Hbond substituents is 1. The molecule has 3 aromatic rings. The van der Waals surface area contributed by atoms with E-state index in [0.29, 0.717) is 5.75 Å². The Kier molecular flexibility index (Phi) is 6.47. The van der Waals surface area contributed by atoms with E-state index in [9.17, 15) is 5.11 Å². The molecule has 4 rings (SSSR count). The topological polar surface area (TPSA) is 26.7 Å². The Morgan fingerprint density at radius 3 is 2.17 bits per heavy atom. The highest BCUT2D eigenvalue weighted by molar-refractivity contribution is 7.80. The lowest BCUT2D eigenvalue weighted by molar-refractivity contribution is 0.121. The van der Waals surface area contributed by atoms with Crippen molar-refractivity contribution in [2.24, 2.45) is 0 Å². The number of nitrogens with zero attached hydrogens (tertiary/aromatic N) is 2. The van der Waals surface area contributed by atoms with E-state index in [4.69, 9.17) is 12.2 Å². The van der Waals surface area contributed by atoms with Crippen molar-refractivity contribution >= 4 is 32.9 Å². The summed E-state index contributed by atoms with van der Waals surface area (Å²) >= 11 is 5.40. The molecule has 0 atom stereocenters. The molecule has 0 amide bonds. The van der Waals surface area contributed by atoms with Crippen molar-refractivity contribution in [1.82, 2.24) is 9.80 Å². The van der Waals surface area contributed by atoms with Crippen LogP contribution in [0.3, 0.4) is 0 Å². The third-order valence-electron chi connectivity index (χ3n) is 5.70. The largest absolute Gasteiger partial charge is 0.508 e. The number of phenols is 1. The first-order chi connectivity index (χ1) is 14.0. The molecule has 1 aliphatic rings. The van der Waals surface area contributed by atoms with Gasteiger partial charge in [0.2, 0.25) is 0 Å². The van der Waals surface area contributed by atoms with Gasteiger partial charge in [-0.2, -0.15) is 0 Å². The van der Waals surface area contributed by atoms with E-state index in [0.717, 1.165) is 54.2 Å². The first-order valence-electron chi connectivity index (χ1n) is 9.92. The molecule has 1 aromatic heterocycles. The first kappa shape index (κ1) is 20.7. The summed E-state index contributed by atoms with van der Waals surface area (Å²) in [6.07, 6.45) is 0. The SMILES string of the molecule is Cc1ccccc1CN1CCN(Cc2cc(-c3ssc(=S)c3C)ccc2O)CC1. The van der Waals surface area contributed by atoms with Crippen LogP contribution < -0.4 is 0 Å². The molecular weight excluding hydrogens is 416 g/mol. The van der Waals surface area contributed by atoms with E-state index in [2.05, 4.69) is 54.0 Å². The van der Waals surface area contributed by atoms with E-state index >= 15 is 0 Å². The Balaban J connectivity index is 1.40. The van der Waals surface area contributed by atoms with Crippen LogP contribution in [-0.4, -0.2) is 41.1 Å². The van der Waals surface area contributed by atoms with E-state index in [-0.39, 0.29) is 0 Å². The van der Waals surface area contributed by atoms with Crippen molar-refractivity contribution in [2.45, 2.75) is 26.9 Å².